The summed E-state index contributed by atoms with van der Waals surface area (Å²) in [7, 11) is 1.67. The van der Waals surface area contributed by atoms with Crippen molar-refractivity contribution in [2.45, 2.75) is 33.1 Å². The van der Waals surface area contributed by atoms with E-state index in [2.05, 4.69) is 25.1 Å². The van der Waals surface area contributed by atoms with Crippen molar-refractivity contribution in [3.63, 3.8) is 0 Å². The minimum Gasteiger partial charge on any atom is -0.497 e. The van der Waals surface area contributed by atoms with Gasteiger partial charge in [0.05, 0.1) is 7.11 Å². The second-order valence-electron chi connectivity index (χ2n) is 7.47. The van der Waals surface area contributed by atoms with Crippen molar-refractivity contribution in [2.75, 3.05) is 20.2 Å². The molecule has 4 nitrogen and oxygen atoms in total. The van der Waals surface area contributed by atoms with Crippen molar-refractivity contribution < 1.29 is 13.9 Å². The van der Waals surface area contributed by atoms with Gasteiger partial charge in [0.25, 0.3) is 5.91 Å². The number of likely N-dealkylation sites (tertiary alicyclic amines) is 1. The van der Waals surface area contributed by atoms with Crippen LogP contribution in [0.4, 0.5) is 0 Å². The van der Waals surface area contributed by atoms with Crippen LogP contribution in [-0.2, 0) is 0 Å². The number of aryl methyl sites for hydroxylation is 3. The van der Waals surface area contributed by atoms with E-state index in [4.69, 9.17) is 9.15 Å². The zero-order chi connectivity index (χ0) is 19.1. The summed E-state index contributed by atoms with van der Waals surface area (Å²) in [6.45, 7) is 7.55. The number of furan rings is 1. The Bertz CT molecular complexity index is 1000. The zero-order valence-corrected chi connectivity index (χ0v) is 16.3. The number of hydrogen-bond donors (Lipinski definition) is 0. The first-order valence-electron chi connectivity index (χ1n) is 9.42. The average molecular weight is 363 g/mol. The molecule has 0 aliphatic carbocycles. The number of methoxy groups -OCH3 is 1. The van der Waals surface area contributed by atoms with Crippen LogP contribution in [0.25, 0.3) is 11.0 Å². The molecule has 1 unspecified atom stereocenters. The van der Waals surface area contributed by atoms with Crippen LogP contribution in [0.2, 0.25) is 0 Å². The van der Waals surface area contributed by atoms with Crippen LogP contribution in [0.3, 0.4) is 0 Å². The average Bonchev–Trinajstić information content (AvgIpc) is 3.30. The van der Waals surface area contributed by atoms with Gasteiger partial charge in [-0.25, -0.2) is 0 Å². The van der Waals surface area contributed by atoms with Crippen LogP contribution in [0.5, 0.6) is 5.75 Å². The Labute approximate surface area is 159 Å². The maximum Gasteiger partial charge on any atom is 0.289 e. The van der Waals surface area contributed by atoms with E-state index in [1.165, 1.54) is 5.56 Å². The molecule has 1 fully saturated rings. The highest BCUT2D eigenvalue weighted by atomic mass is 16.5. The first kappa shape index (κ1) is 17.7. The third-order valence-electron chi connectivity index (χ3n) is 5.74. The summed E-state index contributed by atoms with van der Waals surface area (Å²) in [6, 6.07) is 12.3. The number of hydrogen-bond acceptors (Lipinski definition) is 3. The largest absolute Gasteiger partial charge is 0.497 e. The van der Waals surface area contributed by atoms with Gasteiger partial charge in [0.2, 0.25) is 0 Å². The van der Waals surface area contributed by atoms with Crippen molar-refractivity contribution in [1.82, 2.24) is 4.90 Å². The fourth-order valence-corrected chi connectivity index (χ4v) is 4.12. The molecule has 1 atom stereocenters. The van der Waals surface area contributed by atoms with Gasteiger partial charge in [0.1, 0.15) is 11.3 Å². The van der Waals surface area contributed by atoms with Gasteiger partial charge >= 0.3 is 0 Å². The lowest BCUT2D eigenvalue weighted by Crippen LogP contribution is -2.28. The highest BCUT2D eigenvalue weighted by Gasteiger charge is 2.31. The first-order valence-corrected chi connectivity index (χ1v) is 9.42. The number of nitrogens with zero attached hydrogens (tertiary/aromatic N) is 1. The molecule has 1 saturated heterocycles. The van der Waals surface area contributed by atoms with Gasteiger partial charge in [-0.05, 0) is 56.0 Å². The van der Waals surface area contributed by atoms with Crippen molar-refractivity contribution >= 4 is 16.9 Å². The minimum atomic E-state index is -0.00138. The van der Waals surface area contributed by atoms with Crippen LogP contribution in [-0.4, -0.2) is 31.0 Å². The van der Waals surface area contributed by atoms with Crippen molar-refractivity contribution in [2.24, 2.45) is 0 Å². The molecule has 27 heavy (non-hydrogen) atoms. The van der Waals surface area contributed by atoms with Gasteiger partial charge in [-0.2, -0.15) is 0 Å². The van der Waals surface area contributed by atoms with E-state index in [0.717, 1.165) is 52.9 Å². The normalized spacial score (nSPS) is 16.9. The Hall–Kier alpha value is -2.75. The number of amides is 1. The van der Waals surface area contributed by atoms with Gasteiger partial charge in [-0.1, -0.05) is 24.3 Å². The van der Waals surface area contributed by atoms with E-state index < -0.39 is 0 Å². The Balaban J connectivity index is 1.59. The molecule has 1 aliphatic rings. The highest BCUT2D eigenvalue weighted by Crippen LogP contribution is 2.34. The smallest absolute Gasteiger partial charge is 0.289 e. The maximum absolute atomic E-state index is 13.1. The van der Waals surface area contributed by atoms with Gasteiger partial charge in [-0.15, -0.1) is 0 Å². The first-order chi connectivity index (χ1) is 13.0. The van der Waals surface area contributed by atoms with Gasteiger partial charge in [0.15, 0.2) is 5.76 Å². The Morgan fingerprint density at radius 3 is 2.44 bits per heavy atom. The third-order valence-corrected chi connectivity index (χ3v) is 5.74. The summed E-state index contributed by atoms with van der Waals surface area (Å²) >= 11 is 0. The van der Waals surface area contributed by atoms with Gasteiger partial charge < -0.3 is 14.1 Å². The van der Waals surface area contributed by atoms with E-state index in [-0.39, 0.29) is 5.91 Å². The molecule has 3 aromatic rings. The molecule has 0 bridgehead atoms. The quantitative estimate of drug-likeness (QED) is 0.658. The fourth-order valence-electron chi connectivity index (χ4n) is 4.12. The second-order valence-corrected chi connectivity index (χ2v) is 7.47. The molecule has 4 rings (SSSR count). The summed E-state index contributed by atoms with van der Waals surface area (Å²) in [5, 5.41) is 1.07. The lowest BCUT2D eigenvalue weighted by molar-refractivity contribution is 0.0760. The lowest BCUT2D eigenvalue weighted by Gasteiger charge is -2.16. The molecule has 2 aromatic carbocycles. The molecule has 0 spiro atoms. The number of ether oxygens (including phenoxy) is 1. The van der Waals surface area contributed by atoms with E-state index in [0.29, 0.717) is 11.7 Å². The predicted octanol–water partition coefficient (Wildman–Crippen LogP) is 5.00. The predicted molar refractivity (Wildman–Crippen MR) is 107 cm³/mol. The Morgan fingerprint density at radius 2 is 1.78 bits per heavy atom. The SMILES string of the molecule is COc1ccc(C2CCN(C(=O)c3oc4c(C)ccc(C)c4c3C)C2)cc1. The molecular formula is C23H25NO3. The molecule has 1 aromatic heterocycles. The molecule has 0 N–H and O–H groups in total. The van der Waals surface area contributed by atoms with Crippen LogP contribution in [0.1, 0.15) is 45.1 Å². The van der Waals surface area contributed by atoms with Crippen LogP contribution in [0, 0.1) is 20.8 Å². The summed E-state index contributed by atoms with van der Waals surface area (Å²) in [5.74, 6) is 1.69. The van der Waals surface area contributed by atoms with E-state index in [1.807, 2.05) is 36.9 Å². The molecule has 1 amide bonds. The van der Waals surface area contributed by atoms with Crippen molar-refractivity contribution in [3.05, 3.63) is 64.4 Å². The minimum absolute atomic E-state index is 0.00138. The van der Waals surface area contributed by atoms with Crippen LogP contribution in [0.15, 0.2) is 40.8 Å². The molecular weight excluding hydrogens is 338 g/mol. The Kier molecular flexibility index (Phi) is 4.42. The molecule has 4 heteroatoms. The second kappa shape index (κ2) is 6.76. The Morgan fingerprint density at radius 1 is 1.07 bits per heavy atom. The van der Waals surface area contributed by atoms with Crippen molar-refractivity contribution in [1.29, 1.82) is 0 Å². The molecule has 2 heterocycles. The zero-order valence-electron chi connectivity index (χ0n) is 16.3. The lowest BCUT2D eigenvalue weighted by atomic mass is 9.98. The number of benzene rings is 2. The van der Waals surface area contributed by atoms with E-state index in [1.54, 1.807) is 7.11 Å². The monoisotopic (exact) mass is 363 g/mol. The number of fused-ring (bicyclic) bond motifs is 1. The number of carbonyl (C=O) groups excluding carboxylic acids is 1. The molecule has 0 saturated carbocycles. The summed E-state index contributed by atoms with van der Waals surface area (Å²) < 4.78 is 11.3. The van der Waals surface area contributed by atoms with Gasteiger partial charge in [-0.3, -0.25) is 4.79 Å². The molecule has 140 valence electrons. The number of rotatable bonds is 3. The van der Waals surface area contributed by atoms with Gasteiger partial charge in [0, 0.05) is 30.0 Å². The van der Waals surface area contributed by atoms with Crippen molar-refractivity contribution in [3.8, 4) is 5.75 Å². The fraction of sp³-hybridized carbons (Fsp3) is 0.348. The van der Waals surface area contributed by atoms with E-state index in [9.17, 15) is 4.79 Å². The molecule has 0 radical (unpaired) electrons. The summed E-state index contributed by atoms with van der Waals surface area (Å²) in [5.41, 5.74) is 5.24. The van der Waals surface area contributed by atoms with Crippen LogP contribution >= 0.6 is 0 Å². The third kappa shape index (κ3) is 2.99. The van der Waals surface area contributed by atoms with Crippen LogP contribution < -0.4 is 4.74 Å². The number of carbonyl (C=O) groups is 1. The highest BCUT2D eigenvalue weighted by molar-refractivity contribution is 6.00. The standard InChI is InChI=1S/C23H25NO3/c1-14-5-6-15(2)21-20(14)16(3)22(27-21)23(25)24-12-11-18(13-24)17-7-9-19(26-4)10-8-17/h5-10,18H,11-13H2,1-4H3. The molecule has 1 aliphatic heterocycles. The van der Waals surface area contributed by atoms with E-state index >= 15 is 0 Å². The summed E-state index contributed by atoms with van der Waals surface area (Å²) in [4.78, 5) is 15.1. The topological polar surface area (TPSA) is 42.7 Å². The summed E-state index contributed by atoms with van der Waals surface area (Å²) in [6.07, 6.45) is 0.968. The maximum atomic E-state index is 13.1.